The molecule has 2 heterocycles. The number of ether oxygens (including phenoxy) is 1. The van der Waals surface area contributed by atoms with Gasteiger partial charge in [-0.15, -0.1) is 21.5 Å². The fourth-order valence-electron chi connectivity index (χ4n) is 2.46. The molecular weight excluding hydrogens is 360 g/mol. The Labute approximate surface area is 154 Å². The second-order valence-corrected chi connectivity index (χ2v) is 7.93. The summed E-state index contributed by atoms with van der Waals surface area (Å²) in [6.45, 7) is 4.18. The molecule has 1 N–H and O–H groups in total. The molecule has 0 bridgehead atoms. The van der Waals surface area contributed by atoms with E-state index in [1.807, 2.05) is 0 Å². The third kappa shape index (κ3) is 4.04. The average Bonchev–Trinajstić information content (AvgIpc) is 3.17. The minimum atomic E-state index is -0.460. The maximum Gasteiger partial charge on any atom is 0.340 e. The number of carbonyl (C=O) groups excluding carboxylic acids is 2. The third-order valence-corrected chi connectivity index (χ3v) is 5.58. The lowest BCUT2D eigenvalue weighted by atomic mass is 10.3. The van der Waals surface area contributed by atoms with Gasteiger partial charge < -0.3 is 14.6 Å². The summed E-state index contributed by atoms with van der Waals surface area (Å²) in [5, 5.41) is 14.3. The lowest BCUT2D eigenvalue weighted by Gasteiger charge is -2.13. The summed E-state index contributed by atoms with van der Waals surface area (Å²) in [4.78, 5) is 23.9. The fourth-order valence-corrected chi connectivity index (χ4v) is 4.13. The zero-order valence-electron chi connectivity index (χ0n) is 14.3. The normalized spacial score (nSPS) is 13.9. The monoisotopic (exact) mass is 380 g/mol. The van der Waals surface area contributed by atoms with Crippen LogP contribution in [-0.2, 0) is 9.53 Å². The summed E-state index contributed by atoms with van der Waals surface area (Å²) in [6, 6.07) is 1.88. The molecule has 0 aromatic carbocycles. The minimum absolute atomic E-state index is 0.191. The zero-order chi connectivity index (χ0) is 18.0. The average molecular weight is 380 g/mol. The number of hydrogen-bond donors (Lipinski definition) is 1. The minimum Gasteiger partial charge on any atom is -0.465 e. The van der Waals surface area contributed by atoms with Crippen molar-refractivity contribution in [2.24, 2.45) is 0 Å². The van der Waals surface area contributed by atoms with Gasteiger partial charge in [-0.25, -0.2) is 4.79 Å². The van der Waals surface area contributed by atoms with Crippen molar-refractivity contribution in [3.05, 3.63) is 22.8 Å². The number of thioether (sulfide) groups is 1. The van der Waals surface area contributed by atoms with Gasteiger partial charge >= 0.3 is 5.97 Å². The third-order valence-electron chi connectivity index (χ3n) is 3.81. The number of nitrogens with zero attached hydrogens (tertiary/aromatic N) is 3. The van der Waals surface area contributed by atoms with E-state index < -0.39 is 5.97 Å². The largest absolute Gasteiger partial charge is 0.465 e. The number of rotatable bonds is 7. The van der Waals surface area contributed by atoms with E-state index in [2.05, 4.69) is 33.9 Å². The highest BCUT2D eigenvalue weighted by Gasteiger charge is 2.31. The van der Waals surface area contributed by atoms with E-state index in [1.54, 1.807) is 11.4 Å². The quantitative estimate of drug-likeness (QED) is 0.586. The molecule has 2 aromatic rings. The number of esters is 1. The van der Waals surface area contributed by atoms with E-state index in [0.717, 1.165) is 23.8 Å². The van der Waals surface area contributed by atoms with Gasteiger partial charge in [-0.2, -0.15) is 0 Å². The van der Waals surface area contributed by atoms with Crippen LogP contribution in [0.5, 0.6) is 0 Å². The predicted molar refractivity (Wildman–Crippen MR) is 97.4 cm³/mol. The second-order valence-electron chi connectivity index (χ2n) is 6.07. The Morgan fingerprint density at radius 3 is 2.84 bits per heavy atom. The highest BCUT2D eigenvalue weighted by Crippen LogP contribution is 2.41. The van der Waals surface area contributed by atoms with Gasteiger partial charge in [-0.05, 0) is 38.1 Å². The molecule has 0 radical (unpaired) electrons. The number of nitrogens with one attached hydrogen (secondary N) is 1. The molecule has 0 saturated heterocycles. The molecule has 0 spiro atoms. The maximum absolute atomic E-state index is 12.2. The molecule has 1 saturated carbocycles. The topological polar surface area (TPSA) is 86.1 Å². The molecule has 1 aliphatic rings. The van der Waals surface area contributed by atoms with E-state index in [0.29, 0.717) is 16.5 Å². The van der Waals surface area contributed by atoms with Gasteiger partial charge in [0.1, 0.15) is 10.8 Å². The van der Waals surface area contributed by atoms with Crippen LogP contribution in [0.2, 0.25) is 0 Å². The molecule has 25 heavy (non-hydrogen) atoms. The van der Waals surface area contributed by atoms with E-state index in [4.69, 9.17) is 4.74 Å². The number of methoxy groups -OCH3 is 1. The molecular formula is C16H20N4O3S2. The van der Waals surface area contributed by atoms with Crippen LogP contribution in [-0.4, -0.2) is 39.5 Å². The van der Waals surface area contributed by atoms with Crippen LogP contribution in [0.1, 0.15) is 54.8 Å². The van der Waals surface area contributed by atoms with Crippen molar-refractivity contribution >= 4 is 40.0 Å². The standard InChI is InChI=1S/C16H20N4O3S2/c1-9(2)20-13(10-4-5-10)18-19-16(20)25-8-12(21)17-14-11(6-7-24-14)15(22)23-3/h6-7,9-10H,4-5,8H2,1-3H3,(H,17,21). The first-order valence-corrected chi connectivity index (χ1v) is 9.91. The zero-order valence-corrected chi connectivity index (χ0v) is 15.9. The first-order valence-electron chi connectivity index (χ1n) is 8.04. The first kappa shape index (κ1) is 17.9. The van der Waals surface area contributed by atoms with Crippen LogP contribution in [0.4, 0.5) is 5.00 Å². The van der Waals surface area contributed by atoms with Gasteiger partial charge in [0.2, 0.25) is 5.91 Å². The van der Waals surface area contributed by atoms with Crippen LogP contribution in [0, 0.1) is 0 Å². The summed E-state index contributed by atoms with van der Waals surface area (Å²) in [6.07, 6.45) is 2.31. The van der Waals surface area contributed by atoms with E-state index in [9.17, 15) is 9.59 Å². The van der Waals surface area contributed by atoms with E-state index in [1.165, 1.54) is 30.2 Å². The highest BCUT2D eigenvalue weighted by molar-refractivity contribution is 7.99. The molecule has 0 atom stereocenters. The van der Waals surface area contributed by atoms with Crippen LogP contribution in [0.3, 0.4) is 0 Å². The van der Waals surface area contributed by atoms with Crippen molar-refractivity contribution in [1.29, 1.82) is 0 Å². The van der Waals surface area contributed by atoms with Crippen molar-refractivity contribution in [1.82, 2.24) is 14.8 Å². The van der Waals surface area contributed by atoms with Gasteiger partial charge in [-0.1, -0.05) is 11.8 Å². The summed E-state index contributed by atoms with van der Waals surface area (Å²) < 4.78 is 6.82. The Morgan fingerprint density at radius 2 is 2.20 bits per heavy atom. The lowest BCUT2D eigenvalue weighted by Crippen LogP contribution is -2.16. The van der Waals surface area contributed by atoms with Gasteiger partial charge in [0.25, 0.3) is 0 Å². The highest BCUT2D eigenvalue weighted by atomic mass is 32.2. The van der Waals surface area contributed by atoms with Crippen molar-refractivity contribution in [2.45, 2.75) is 43.8 Å². The van der Waals surface area contributed by atoms with Gasteiger partial charge in [0.05, 0.1) is 18.4 Å². The van der Waals surface area contributed by atoms with Crippen molar-refractivity contribution < 1.29 is 14.3 Å². The fraction of sp³-hybridized carbons (Fsp3) is 0.500. The molecule has 1 aliphatic carbocycles. The van der Waals surface area contributed by atoms with E-state index in [-0.39, 0.29) is 17.7 Å². The molecule has 1 fully saturated rings. The molecule has 1 amide bonds. The maximum atomic E-state index is 12.2. The van der Waals surface area contributed by atoms with Crippen molar-refractivity contribution in [3.8, 4) is 0 Å². The molecule has 9 heteroatoms. The Kier molecular flexibility index (Phi) is 5.43. The number of hydrogen-bond acceptors (Lipinski definition) is 7. The molecule has 3 rings (SSSR count). The summed E-state index contributed by atoms with van der Waals surface area (Å²) >= 11 is 2.65. The number of aromatic nitrogens is 3. The van der Waals surface area contributed by atoms with Crippen LogP contribution in [0.25, 0.3) is 0 Å². The van der Waals surface area contributed by atoms with E-state index >= 15 is 0 Å². The molecule has 7 nitrogen and oxygen atoms in total. The van der Waals surface area contributed by atoms with Gasteiger partial charge in [-0.3, -0.25) is 4.79 Å². The first-order chi connectivity index (χ1) is 12.0. The Bertz CT molecular complexity index is 780. The molecule has 134 valence electrons. The molecule has 2 aromatic heterocycles. The Balaban J connectivity index is 1.63. The summed E-state index contributed by atoms with van der Waals surface area (Å²) in [7, 11) is 1.32. The Morgan fingerprint density at radius 1 is 1.44 bits per heavy atom. The van der Waals surface area contributed by atoms with Crippen LogP contribution in [0.15, 0.2) is 16.6 Å². The van der Waals surface area contributed by atoms with Gasteiger partial charge in [0, 0.05) is 12.0 Å². The van der Waals surface area contributed by atoms with Crippen molar-refractivity contribution in [2.75, 3.05) is 18.2 Å². The summed E-state index contributed by atoms with van der Waals surface area (Å²) in [5.74, 6) is 1.08. The SMILES string of the molecule is COC(=O)c1ccsc1NC(=O)CSc1nnc(C2CC2)n1C(C)C. The van der Waals surface area contributed by atoms with Crippen LogP contribution >= 0.6 is 23.1 Å². The number of carbonyl (C=O) groups is 2. The second kappa shape index (κ2) is 7.57. The van der Waals surface area contributed by atoms with Crippen LogP contribution < -0.4 is 5.32 Å². The Hall–Kier alpha value is -1.87. The van der Waals surface area contributed by atoms with Crippen molar-refractivity contribution in [3.63, 3.8) is 0 Å². The number of thiophene rings is 1. The number of amides is 1. The lowest BCUT2D eigenvalue weighted by molar-refractivity contribution is -0.113. The summed E-state index contributed by atoms with van der Waals surface area (Å²) in [5.41, 5.74) is 0.368. The predicted octanol–water partition coefficient (Wildman–Crippen LogP) is 3.32. The smallest absolute Gasteiger partial charge is 0.340 e. The number of anilines is 1. The molecule has 0 aliphatic heterocycles. The molecule has 0 unspecified atom stereocenters. The van der Waals surface area contributed by atoms with Gasteiger partial charge in [0.15, 0.2) is 5.16 Å².